The molecule has 1 fully saturated rings. The predicted molar refractivity (Wildman–Crippen MR) is 63.3 cm³/mol. The Morgan fingerprint density at radius 2 is 2.19 bits per heavy atom. The molecule has 5 nitrogen and oxygen atoms in total. The van der Waals surface area contributed by atoms with Crippen molar-refractivity contribution in [2.75, 3.05) is 26.2 Å². The van der Waals surface area contributed by atoms with E-state index in [0.717, 1.165) is 25.9 Å². The number of rotatable bonds is 4. The molecular weight excluding hydrogens is 206 g/mol. The molecule has 1 heterocycles. The van der Waals surface area contributed by atoms with Crippen LogP contribution in [-0.4, -0.2) is 49.3 Å². The number of likely N-dealkylation sites (tertiary alicyclic amines) is 1. The number of hydrogen-bond donors (Lipinski definition) is 2. The summed E-state index contributed by atoms with van der Waals surface area (Å²) in [5, 5.41) is 3.46. The highest BCUT2D eigenvalue weighted by Gasteiger charge is 2.23. The van der Waals surface area contributed by atoms with Crippen LogP contribution in [0.4, 0.5) is 4.79 Å². The summed E-state index contributed by atoms with van der Waals surface area (Å²) in [5.74, 6) is 0. The van der Waals surface area contributed by atoms with E-state index in [1.165, 1.54) is 0 Å². The minimum Gasteiger partial charge on any atom is -0.450 e. The predicted octanol–water partition coefficient (Wildman–Crippen LogP) is 0.544. The Morgan fingerprint density at radius 3 is 2.69 bits per heavy atom. The van der Waals surface area contributed by atoms with Gasteiger partial charge in [-0.1, -0.05) is 0 Å². The molecule has 1 unspecified atom stereocenters. The van der Waals surface area contributed by atoms with Gasteiger partial charge >= 0.3 is 6.09 Å². The van der Waals surface area contributed by atoms with Crippen LogP contribution in [0.15, 0.2) is 0 Å². The molecule has 1 aliphatic rings. The zero-order valence-corrected chi connectivity index (χ0v) is 10.2. The van der Waals surface area contributed by atoms with E-state index in [2.05, 4.69) is 12.2 Å². The van der Waals surface area contributed by atoms with Crippen LogP contribution >= 0.6 is 0 Å². The molecule has 0 radical (unpaired) electrons. The molecule has 3 N–H and O–H groups in total. The molecular formula is C11H23N3O2. The van der Waals surface area contributed by atoms with E-state index in [0.29, 0.717) is 25.2 Å². The number of piperidine rings is 1. The van der Waals surface area contributed by atoms with Gasteiger partial charge in [0, 0.05) is 31.7 Å². The van der Waals surface area contributed by atoms with Gasteiger partial charge < -0.3 is 20.7 Å². The van der Waals surface area contributed by atoms with E-state index >= 15 is 0 Å². The number of hydrogen-bond acceptors (Lipinski definition) is 4. The lowest BCUT2D eigenvalue weighted by atomic mass is 10.0. The van der Waals surface area contributed by atoms with E-state index < -0.39 is 0 Å². The van der Waals surface area contributed by atoms with Crippen molar-refractivity contribution in [3.63, 3.8) is 0 Å². The van der Waals surface area contributed by atoms with Crippen molar-refractivity contribution in [2.24, 2.45) is 5.73 Å². The van der Waals surface area contributed by atoms with E-state index in [1.54, 1.807) is 4.90 Å². The smallest absolute Gasteiger partial charge is 0.409 e. The van der Waals surface area contributed by atoms with Crippen LogP contribution in [0.2, 0.25) is 0 Å². The number of nitrogens with zero attached hydrogens (tertiary/aromatic N) is 1. The van der Waals surface area contributed by atoms with Crippen molar-refractivity contribution >= 4 is 6.09 Å². The van der Waals surface area contributed by atoms with Gasteiger partial charge in [-0.15, -0.1) is 0 Å². The first-order chi connectivity index (χ1) is 7.67. The monoisotopic (exact) mass is 229 g/mol. The third kappa shape index (κ3) is 3.98. The fraction of sp³-hybridized carbons (Fsp3) is 0.909. The van der Waals surface area contributed by atoms with Crippen LogP contribution in [0.3, 0.4) is 0 Å². The minimum atomic E-state index is -0.187. The van der Waals surface area contributed by atoms with Crippen LogP contribution in [0.25, 0.3) is 0 Å². The van der Waals surface area contributed by atoms with Gasteiger partial charge in [-0.2, -0.15) is 0 Å². The van der Waals surface area contributed by atoms with E-state index in [-0.39, 0.29) is 6.09 Å². The molecule has 1 amide bonds. The molecule has 0 bridgehead atoms. The Labute approximate surface area is 97.3 Å². The van der Waals surface area contributed by atoms with Crippen molar-refractivity contribution in [3.8, 4) is 0 Å². The summed E-state index contributed by atoms with van der Waals surface area (Å²) >= 11 is 0. The SMILES string of the molecule is CCOC(=O)N1CCC(NC(C)CN)CC1. The largest absolute Gasteiger partial charge is 0.450 e. The van der Waals surface area contributed by atoms with E-state index in [1.807, 2.05) is 6.92 Å². The van der Waals surface area contributed by atoms with E-state index in [9.17, 15) is 4.79 Å². The summed E-state index contributed by atoms with van der Waals surface area (Å²) in [7, 11) is 0. The average Bonchev–Trinajstić information content (AvgIpc) is 2.30. The minimum absolute atomic E-state index is 0.187. The van der Waals surface area contributed by atoms with Gasteiger partial charge in [0.05, 0.1) is 6.61 Å². The maximum absolute atomic E-state index is 11.4. The molecule has 1 rings (SSSR count). The van der Waals surface area contributed by atoms with Gasteiger partial charge in [0.1, 0.15) is 0 Å². The van der Waals surface area contributed by atoms with Crippen LogP contribution in [0, 0.1) is 0 Å². The summed E-state index contributed by atoms with van der Waals surface area (Å²) in [4.78, 5) is 13.2. The zero-order valence-electron chi connectivity index (χ0n) is 10.2. The van der Waals surface area contributed by atoms with Crippen molar-refractivity contribution < 1.29 is 9.53 Å². The summed E-state index contributed by atoms with van der Waals surface area (Å²) < 4.78 is 4.97. The first-order valence-electron chi connectivity index (χ1n) is 6.05. The van der Waals surface area contributed by atoms with Crippen molar-refractivity contribution in [1.82, 2.24) is 10.2 Å². The highest BCUT2D eigenvalue weighted by Crippen LogP contribution is 2.11. The third-order valence-electron chi connectivity index (χ3n) is 2.89. The van der Waals surface area contributed by atoms with Gasteiger partial charge in [-0.05, 0) is 26.7 Å². The van der Waals surface area contributed by atoms with Gasteiger partial charge in [0.25, 0.3) is 0 Å². The van der Waals surface area contributed by atoms with Crippen LogP contribution in [0.5, 0.6) is 0 Å². The number of amides is 1. The Bertz CT molecular complexity index is 215. The summed E-state index contributed by atoms with van der Waals surface area (Å²) in [6.07, 6.45) is 1.76. The molecule has 0 saturated carbocycles. The van der Waals surface area contributed by atoms with Crippen molar-refractivity contribution in [2.45, 2.75) is 38.8 Å². The number of nitrogens with two attached hydrogens (primary N) is 1. The Morgan fingerprint density at radius 1 is 1.56 bits per heavy atom. The van der Waals surface area contributed by atoms with E-state index in [4.69, 9.17) is 10.5 Å². The second-order valence-corrected chi connectivity index (χ2v) is 4.26. The second kappa shape index (κ2) is 6.70. The number of carbonyl (C=O) groups excluding carboxylic acids is 1. The number of carbonyl (C=O) groups is 1. The molecule has 1 atom stereocenters. The highest BCUT2D eigenvalue weighted by molar-refractivity contribution is 5.67. The standard InChI is InChI=1S/C11H23N3O2/c1-3-16-11(15)14-6-4-10(5-7-14)13-9(2)8-12/h9-10,13H,3-8,12H2,1-2H3. The molecule has 0 aromatic heterocycles. The van der Waals surface area contributed by atoms with Gasteiger partial charge in [-0.3, -0.25) is 0 Å². The highest BCUT2D eigenvalue weighted by atomic mass is 16.6. The Kier molecular flexibility index (Phi) is 5.55. The normalized spacial score (nSPS) is 19.6. The molecule has 1 saturated heterocycles. The van der Waals surface area contributed by atoms with Gasteiger partial charge in [0.2, 0.25) is 0 Å². The first-order valence-corrected chi connectivity index (χ1v) is 6.05. The Balaban J connectivity index is 2.25. The molecule has 16 heavy (non-hydrogen) atoms. The molecule has 0 spiro atoms. The van der Waals surface area contributed by atoms with Crippen LogP contribution in [-0.2, 0) is 4.74 Å². The topological polar surface area (TPSA) is 67.6 Å². The number of nitrogens with one attached hydrogen (secondary N) is 1. The maximum atomic E-state index is 11.4. The fourth-order valence-corrected chi connectivity index (χ4v) is 1.91. The lowest BCUT2D eigenvalue weighted by molar-refractivity contribution is 0.0944. The quantitative estimate of drug-likeness (QED) is 0.738. The molecule has 0 aromatic carbocycles. The second-order valence-electron chi connectivity index (χ2n) is 4.26. The van der Waals surface area contributed by atoms with Crippen LogP contribution < -0.4 is 11.1 Å². The molecule has 94 valence electrons. The lowest BCUT2D eigenvalue weighted by Gasteiger charge is -2.33. The molecule has 0 aliphatic carbocycles. The Hall–Kier alpha value is -0.810. The lowest BCUT2D eigenvalue weighted by Crippen LogP contribution is -2.48. The maximum Gasteiger partial charge on any atom is 0.409 e. The third-order valence-corrected chi connectivity index (χ3v) is 2.89. The van der Waals surface area contributed by atoms with Crippen LogP contribution in [0.1, 0.15) is 26.7 Å². The average molecular weight is 229 g/mol. The van der Waals surface area contributed by atoms with Crippen molar-refractivity contribution in [3.05, 3.63) is 0 Å². The van der Waals surface area contributed by atoms with Gasteiger partial charge in [-0.25, -0.2) is 4.79 Å². The first kappa shape index (κ1) is 13.3. The van der Waals surface area contributed by atoms with Gasteiger partial charge in [0.15, 0.2) is 0 Å². The molecule has 5 heteroatoms. The van der Waals surface area contributed by atoms with Crippen molar-refractivity contribution in [1.29, 1.82) is 0 Å². The zero-order chi connectivity index (χ0) is 12.0. The summed E-state index contributed by atoms with van der Waals surface area (Å²) in [5.41, 5.74) is 5.56. The molecule has 1 aliphatic heterocycles. The number of ether oxygens (including phenoxy) is 1. The summed E-state index contributed by atoms with van der Waals surface area (Å²) in [6.45, 7) is 6.55. The fourth-order valence-electron chi connectivity index (χ4n) is 1.91. The summed E-state index contributed by atoms with van der Waals surface area (Å²) in [6, 6.07) is 0.823. The molecule has 0 aromatic rings.